The van der Waals surface area contributed by atoms with E-state index in [0.717, 1.165) is 30.6 Å². The highest BCUT2D eigenvalue weighted by atomic mass is 35.5. The van der Waals surface area contributed by atoms with Gasteiger partial charge >= 0.3 is 11.8 Å². The average Bonchev–Trinajstić information content (AvgIpc) is 2.82. The fraction of sp³-hybridized carbons (Fsp3) is 0.240. The first-order valence-corrected chi connectivity index (χ1v) is 10.9. The molecule has 3 aromatic rings. The highest BCUT2D eigenvalue weighted by molar-refractivity contribution is 6.40. The lowest BCUT2D eigenvalue weighted by Crippen LogP contribution is -2.43. The van der Waals surface area contributed by atoms with Crippen LogP contribution in [0, 0.1) is 6.92 Å². The largest absolute Gasteiger partial charge is 0.346 e. The van der Waals surface area contributed by atoms with E-state index in [4.69, 9.17) is 11.6 Å². The van der Waals surface area contributed by atoms with Crippen molar-refractivity contribution in [3.63, 3.8) is 0 Å². The average molecular weight is 449 g/mol. The third-order valence-corrected chi connectivity index (χ3v) is 6.02. The molecular formula is C25H25ClN4O2. The summed E-state index contributed by atoms with van der Waals surface area (Å²) in [4.78, 5) is 31.6. The number of anilines is 1. The van der Waals surface area contributed by atoms with Gasteiger partial charge in [-0.3, -0.25) is 19.5 Å². The SMILES string of the molecule is Cc1ccc(Cl)cc1NC(=O)C(=O)NCC(c1cccnc1)N1CCc2ccccc2C1. The van der Waals surface area contributed by atoms with Gasteiger partial charge in [0.25, 0.3) is 0 Å². The zero-order valence-electron chi connectivity index (χ0n) is 17.8. The molecular weight excluding hydrogens is 424 g/mol. The maximum Gasteiger partial charge on any atom is 0.313 e. The van der Waals surface area contributed by atoms with E-state index in [-0.39, 0.29) is 6.04 Å². The van der Waals surface area contributed by atoms with Gasteiger partial charge in [-0.15, -0.1) is 0 Å². The second kappa shape index (κ2) is 9.94. The molecule has 0 bridgehead atoms. The Morgan fingerprint density at radius 1 is 1.09 bits per heavy atom. The number of halogens is 1. The zero-order chi connectivity index (χ0) is 22.5. The van der Waals surface area contributed by atoms with Crippen molar-refractivity contribution >= 4 is 29.1 Å². The molecule has 6 nitrogen and oxygen atoms in total. The second-order valence-corrected chi connectivity index (χ2v) is 8.35. The number of amides is 2. The first-order valence-electron chi connectivity index (χ1n) is 10.6. The Morgan fingerprint density at radius 3 is 2.69 bits per heavy atom. The summed E-state index contributed by atoms with van der Waals surface area (Å²) in [7, 11) is 0. The highest BCUT2D eigenvalue weighted by Crippen LogP contribution is 2.27. The molecule has 2 aromatic carbocycles. The molecule has 32 heavy (non-hydrogen) atoms. The van der Waals surface area contributed by atoms with E-state index >= 15 is 0 Å². The number of hydrogen-bond acceptors (Lipinski definition) is 4. The van der Waals surface area contributed by atoms with Crippen LogP contribution in [0.15, 0.2) is 67.0 Å². The van der Waals surface area contributed by atoms with E-state index in [1.165, 1.54) is 11.1 Å². The van der Waals surface area contributed by atoms with Gasteiger partial charge in [-0.1, -0.05) is 48.0 Å². The van der Waals surface area contributed by atoms with Crippen LogP contribution in [0.2, 0.25) is 5.02 Å². The molecule has 1 aliphatic heterocycles. The molecule has 2 amide bonds. The van der Waals surface area contributed by atoms with Crippen molar-refractivity contribution < 1.29 is 9.59 Å². The van der Waals surface area contributed by atoms with E-state index in [2.05, 4.69) is 38.7 Å². The molecule has 1 unspecified atom stereocenters. The molecule has 7 heteroatoms. The Hall–Kier alpha value is -3.22. The first kappa shape index (κ1) is 22.0. The molecule has 0 aliphatic carbocycles. The standard InChI is InChI=1S/C25H25ClN4O2/c1-17-8-9-21(26)13-22(17)29-25(32)24(31)28-15-23(19-7-4-11-27-14-19)30-12-10-18-5-2-3-6-20(18)16-30/h2-9,11,13-14,23H,10,12,15-16H2,1H3,(H,28,31)(H,29,32). The molecule has 2 N–H and O–H groups in total. The lowest BCUT2D eigenvalue weighted by Gasteiger charge is -2.35. The summed E-state index contributed by atoms with van der Waals surface area (Å²) in [6, 6.07) is 17.4. The van der Waals surface area contributed by atoms with Gasteiger partial charge in [0.2, 0.25) is 0 Å². The van der Waals surface area contributed by atoms with Gasteiger partial charge in [0.1, 0.15) is 0 Å². The van der Waals surface area contributed by atoms with Gasteiger partial charge in [0, 0.05) is 42.7 Å². The highest BCUT2D eigenvalue weighted by Gasteiger charge is 2.26. The molecule has 1 atom stereocenters. The van der Waals surface area contributed by atoms with E-state index in [1.807, 2.05) is 31.3 Å². The maximum absolute atomic E-state index is 12.6. The minimum atomic E-state index is -0.718. The van der Waals surface area contributed by atoms with Crippen LogP contribution < -0.4 is 10.6 Å². The number of rotatable bonds is 5. The maximum atomic E-state index is 12.6. The number of aryl methyl sites for hydroxylation is 1. The van der Waals surface area contributed by atoms with Gasteiger partial charge in [-0.25, -0.2) is 0 Å². The van der Waals surface area contributed by atoms with Gasteiger partial charge < -0.3 is 10.6 Å². The number of carbonyl (C=O) groups is 2. The van der Waals surface area contributed by atoms with Crippen molar-refractivity contribution in [2.24, 2.45) is 0 Å². The molecule has 0 saturated heterocycles. The normalized spacial score (nSPS) is 14.3. The monoisotopic (exact) mass is 448 g/mol. The minimum Gasteiger partial charge on any atom is -0.346 e. The number of nitrogens with zero attached hydrogens (tertiary/aromatic N) is 2. The summed E-state index contributed by atoms with van der Waals surface area (Å²) in [5, 5.41) is 5.94. The second-order valence-electron chi connectivity index (χ2n) is 7.91. The van der Waals surface area contributed by atoms with Gasteiger partial charge in [0.05, 0.1) is 6.04 Å². The van der Waals surface area contributed by atoms with Crippen LogP contribution in [-0.2, 0) is 22.6 Å². The summed E-state index contributed by atoms with van der Waals surface area (Å²) in [5.41, 5.74) is 4.99. The molecule has 2 heterocycles. The Kier molecular flexibility index (Phi) is 6.83. The quantitative estimate of drug-likeness (QED) is 0.580. The predicted octanol–water partition coefficient (Wildman–Crippen LogP) is 3.90. The Balaban J connectivity index is 1.45. The summed E-state index contributed by atoms with van der Waals surface area (Å²) in [5.74, 6) is -1.40. The number of fused-ring (bicyclic) bond motifs is 1. The smallest absolute Gasteiger partial charge is 0.313 e. The molecule has 164 valence electrons. The topological polar surface area (TPSA) is 74.3 Å². The molecule has 0 fully saturated rings. The van der Waals surface area contributed by atoms with Crippen molar-refractivity contribution in [2.45, 2.75) is 25.9 Å². The third-order valence-electron chi connectivity index (χ3n) is 5.78. The summed E-state index contributed by atoms with van der Waals surface area (Å²) in [6.07, 6.45) is 4.48. The number of hydrogen-bond donors (Lipinski definition) is 2. The number of carbonyl (C=O) groups excluding carboxylic acids is 2. The number of benzene rings is 2. The number of nitrogens with one attached hydrogen (secondary N) is 2. The lowest BCUT2D eigenvalue weighted by atomic mass is 9.97. The van der Waals surface area contributed by atoms with E-state index in [0.29, 0.717) is 17.3 Å². The fourth-order valence-corrected chi connectivity index (χ4v) is 4.16. The Bertz CT molecular complexity index is 1120. The van der Waals surface area contributed by atoms with Crippen LogP contribution in [-0.4, -0.2) is 34.8 Å². The fourth-order valence-electron chi connectivity index (χ4n) is 3.99. The van der Waals surface area contributed by atoms with E-state index < -0.39 is 11.8 Å². The third kappa shape index (κ3) is 5.15. The van der Waals surface area contributed by atoms with Crippen molar-refractivity contribution in [1.29, 1.82) is 0 Å². The Morgan fingerprint density at radius 2 is 1.91 bits per heavy atom. The summed E-state index contributed by atoms with van der Waals surface area (Å²) in [6.45, 7) is 3.78. The van der Waals surface area contributed by atoms with Gasteiger partial charge in [-0.2, -0.15) is 0 Å². The van der Waals surface area contributed by atoms with Crippen LogP contribution in [0.3, 0.4) is 0 Å². The predicted molar refractivity (Wildman–Crippen MR) is 125 cm³/mol. The van der Waals surface area contributed by atoms with Crippen molar-refractivity contribution in [1.82, 2.24) is 15.2 Å². The van der Waals surface area contributed by atoms with Crippen LogP contribution in [0.1, 0.15) is 28.3 Å². The van der Waals surface area contributed by atoms with Crippen molar-refractivity contribution in [3.8, 4) is 0 Å². The van der Waals surface area contributed by atoms with Gasteiger partial charge in [-0.05, 0) is 53.8 Å². The van der Waals surface area contributed by atoms with Crippen LogP contribution in [0.25, 0.3) is 0 Å². The number of aromatic nitrogens is 1. The number of pyridine rings is 1. The molecule has 4 rings (SSSR count). The van der Waals surface area contributed by atoms with Gasteiger partial charge in [0.15, 0.2) is 0 Å². The summed E-state index contributed by atoms with van der Waals surface area (Å²) >= 11 is 6.01. The molecule has 0 spiro atoms. The minimum absolute atomic E-state index is 0.0956. The Labute approximate surface area is 192 Å². The van der Waals surface area contributed by atoms with E-state index in [1.54, 1.807) is 24.4 Å². The molecule has 1 aromatic heterocycles. The zero-order valence-corrected chi connectivity index (χ0v) is 18.6. The molecule has 1 aliphatic rings. The molecule has 0 radical (unpaired) electrons. The lowest BCUT2D eigenvalue weighted by molar-refractivity contribution is -0.136. The van der Waals surface area contributed by atoms with Crippen LogP contribution in [0.4, 0.5) is 5.69 Å². The van der Waals surface area contributed by atoms with Crippen LogP contribution in [0.5, 0.6) is 0 Å². The van der Waals surface area contributed by atoms with E-state index in [9.17, 15) is 9.59 Å². The summed E-state index contributed by atoms with van der Waals surface area (Å²) < 4.78 is 0. The van der Waals surface area contributed by atoms with Crippen molar-refractivity contribution in [3.05, 3.63) is 94.3 Å². The first-order chi connectivity index (χ1) is 15.5. The van der Waals surface area contributed by atoms with Crippen LogP contribution >= 0.6 is 11.6 Å². The van der Waals surface area contributed by atoms with Crippen molar-refractivity contribution in [2.75, 3.05) is 18.4 Å². The molecule has 0 saturated carbocycles.